The first kappa shape index (κ1) is 25.9. The molecule has 188 valence electrons. The minimum absolute atomic E-state index is 0.0659. The zero-order valence-electron chi connectivity index (χ0n) is 20.7. The number of thiocarbonyl (C=S) groups is 1. The highest BCUT2D eigenvalue weighted by atomic mass is 32.2. The van der Waals surface area contributed by atoms with Crippen molar-refractivity contribution in [2.75, 3.05) is 36.0 Å². The van der Waals surface area contributed by atoms with Crippen LogP contribution in [0.1, 0.15) is 37.5 Å². The number of carbonyl (C=O) groups excluding carboxylic acids is 1. The van der Waals surface area contributed by atoms with Gasteiger partial charge in [-0.05, 0) is 51.5 Å². The maximum absolute atomic E-state index is 14.4. The van der Waals surface area contributed by atoms with Crippen LogP contribution in [0, 0.1) is 24.1 Å². The third kappa shape index (κ3) is 4.53. The molecule has 2 aromatic rings. The fraction of sp³-hybridized carbons (Fsp3) is 0.385. The second kappa shape index (κ2) is 10.4. The number of nitriles is 1. The smallest absolute Gasteiger partial charge is 0.270 e. The predicted octanol–water partition coefficient (Wildman–Crippen LogP) is 4.12. The summed E-state index contributed by atoms with van der Waals surface area (Å²) in [6.07, 6.45) is 1.77. The molecule has 10 heteroatoms. The van der Waals surface area contributed by atoms with Crippen LogP contribution in [0.2, 0.25) is 0 Å². The number of para-hydroxylation sites is 1. The molecule has 2 aliphatic heterocycles. The lowest BCUT2D eigenvalue weighted by atomic mass is 10.0. The van der Waals surface area contributed by atoms with Crippen LogP contribution >= 0.6 is 24.0 Å². The molecule has 1 amide bonds. The van der Waals surface area contributed by atoms with Gasteiger partial charge >= 0.3 is 0 Å². The Kier molecular flexibility index (Phi) is 7.52. The molecule has 36 heavy (non-hydrogen) atoms. The van der Waals surface area contributed by atoms with Gasteiger partial charge in [0.2, 0.25) is 0 Å². The van der Waals surface area contributed by atoms with Crippen LogP contribution < -0.4 is 15.4 Å². The molecule has 2 fully saturated rings. The van der Waals surface area contributed by atoms with Crippen LogP contribution in [0.25, 0.3) is 6.08 Å². The van der Waals surface area contributed by atoms with Crippen molar-refractivity contribution in [3.05, 3.63) is 62.0 Å². The topological polar surface area (TPSA) is 72.6 Å². The van der Waals surface area contributed by atoms with E-state index in [1.54, 1.807) is 34.6 Å². The molecule has 0 radical (unpaired) electrons. The Morgan fingerprint density at radius 3 is 2.36 bits per heavy atom. The first-order valence-corrected chi connectivity index (χ1v) is 13.1. The van der Waals surface area contributed by atoms with Gasteiger partial charge in [-0.2, -0.15) is 5.26 Å². The molecular weight excluding hydrogens is 497 g/mol. The summed E-state index contributed by atoms with van der Waals surface area (Å²) >= 11 is 6.67. The minimum Gasteiger partial charge on any atom is -0.366 e. The molecule has 2 aliphatic rings. The zero-order chi connectivity index (χ0) is 26.1. The van der Waals surface area contributed by atoms with Crippen LogP contribution in [0.5, 0.6) is 0 Å². The van der Waals surface area contributed by atoms with E-state index < -0.39 is 0 Å². The van der Waals surface area contributed by atoms with Crippen molar-refractivity contribution in [3.63, 3.8) is 0 Å². The minimum atomic E-state index is -0.351. The molecule has 0 unspecified atom stereocenters. The summed E-state index contributed by atoms with van der Waals surface area (Å²) in [5, 5.41) is 9.76. The van der Waals surface area contributed by atoms with Crippen LogP contribution in [-0.2, 0) is 11.3 Å². The van der Waals surface area contributed by atoms with Crippen LogP contribution in [0.15, 0.2) is 34.0 Å². The molecule has 0 atom stereocenters. The lowest BCUT2D eigenvalue weighted by Crippen LogP contribution is -2.49. The van der Waals surface area contributed by atoms with Crippen molar-refractivity contribution < 1.29 is 9.18 Å². The maximum atomic E-state index is 14.4. The Balaban J connectivity index is 1.79. The third-order valence-corrected chi connectivity index (χ3v) is 7.88. The largest absolute Gasteiger partial charge is 0.366 e. The van der Waals surface area contributed by atoms with Gasteiger partial charge in [-0.25, -0.2) is 4.39 Å². The highest BCUT2D eigenvalue weighted by Crippen LogP contribution is 2.37. The standard InChI is InChI=1S/C26H28FN5O2S2/c1-5-31-23(30-12-10-29(11-13-30)21-9-7-6-8-20(21)27)18(17(4)19(15-28)24(31)33)14-22-25(34)32(16(2)3)26(35)36-22/h6-9,14,16H,5,10-13H2,1-4H3. The number of anilines is 2. The van der Waals surface area contributed by atoms with Gasteiger partial charge in [0, 0.05) is 44.3 Å². The molecule has 0 aliphatic carbocycles. The number of thioether (sulfide) groups is 1. The summed E-state index contributed by atoms with van der Waals surface area (Å²) in [5.74, 6) is 0.225. The van der Waals surface area contributed by atoms with Gasteiger partial charge in [0.05, 0.1) is 10.6 Å². The first-order valence-electron chi connectivity index (χ1n) is 11.9. The van der Waals surface area contributed by atoms with E-state index in [0.29, 0.717) is 64.6 Å². The molecule has 0 bridgehead atoms. The normalized spacial score (nSPS) is 17.5. The predicted molar refractivity (Wildman–Crippen MR) is 147 cm³/mol. The fourth-order valence-corrected chi connectivity index (χ4v) is 6.21. The number of amides is 1. The van der Waals surface area contributed by atoms with Crippen LogP contribution in [-0.4, -0.2) is 51.9 Å². The average Bonchev–Trinajstić information content (AvgIpc) is 3.14. The van der Waals surface area contributed by atoms with Gasteiger partial charge in [-0.1, -0.05) is 36.1 Å². The lowest BCUT2D eigenvalue weighted by molar-refractivity contribution is -0.123. The quantitative estimate of drug-likeness (QED) is 0.430. The number of carbonyl (C=O) groups is 1. The Bertz CT molecular complexity index is 1350. The highest BCUT2D eigenvalue weighted by molar-refractivity contribution is 8.26. The van der Waals surface area contributed by atoms with E-state index in [2.05, 4.69) is 11.0 Å². The van der Waals surface area contributed by atoms with E-state index in [0.717, 1.165) is 0 Å². The van der Waals surface area contributed by atoms with E-state index in [-0.39, 0.29) is 28.9 Å². The first-order chi connectivity index (χ1) is 17.2. The van der Waals surface area contributed by atoms with E-state index in [1.165, 1.54) is 17.8 Å². The number of rotatable bonds is 5. The van der Waals surface area contributed by atoms with Crippen LogP contribution in [0.4, 0.5) is 15.9 Å². The molecule has 0 spiro atoms. The summed E-state index contributed by atoms with van der Waals surface area (Å²) < 4.78 is 16.4. The van der Waals surface area contributed by atoms with Crippen molar-refractivity contribution in [3.8, 4) is 6.07 Å². The van der Waals surface area contributed by atoms with E-state index >= 15 is 0 Å². The Hall–Kier alpha value is -3.16. The Labute approximate surface area is 219 Å². The van der Waals surface area contributed by atoms with Crippen molar-refractivity contribution in [2.24, 2.45) is 0 Å². The zero-order valence-corrected chi connectivity index (χ0v) is 22.4. The van der Waals surface area contributed by atoms with Crippen molar-refractivity contribution in [1.82, 2.24) is 9.47 Å². The molecule has 1 aromatic heterocycles. The summed E-state index contributed by atoms with van der Waals surface area (Å²) in [7, 11) is 0. The molecular formula is C26H28FN5O2S2. The second-order valence-corrected chi connectivity index (χ2v) is 10.6. The van der Waals surface area contributed by atoms with Crippen LogP contribution in [0.3, 0.4) is 0 Å². The van der Waals surface area contributed by atoms with E-state index in [4.69, 9.17) is 12.2 Å². The van der Waals surface area contributed by atoms with Gasteiger partial charge in [0.25, 0.3) is 11.5 Å². The molecule has 0 saturated carbocycles. The number of nitrogens with zero attached hydrogens (tertiary/aromatic N) is 5. The van der Waals surface area contributed by atoms with Gasteiger partial charge in [-0.3, -0.25) is 19.1 Å². The Morgan fingerprint density at radius 2 is 1.81 bits per heavy atom. The summed E-state index contributed by atoms with van der Waals surface area (Å²) in [5.41, 5.74) is 1.47. The third-order valence-electron chi connectivity index (χ3n) is 6.55. The number of hydrogen-bond donors (Lipinski definition) is 0. The number of aromatic nitrogens is 1. The number of pyridine rings is 1. The number of piperazine rings is 1. The highest BCUT2D eigenvalue weighted by Gasteiger charge is 2.35. The molecule has 7 nitrogen and oxygen atoms in total. The van der Waals surface area contributed by atoms with E-state index in [9.17, 15) is 19.2 Å². The molecule has 2 saturated heterocycles. The van der Waals surface area contributed by atoms with E-state index in [1.807, 2.05) is 31.7 Å². The summed E-state index contributed by atoms with van der Waals surface area (Å²) in [6, 6.07) is 8.68. The molecule has 3 heterocycles. The average molecular weight is 526 g/mol. The van der Waals surface area contributed by atoms with Crippen molar-refractivity contribution >= 4 is 51.8 Å². The van der Waals surface area contributed by atoms with Gasteiger partial charge in [0.15, 0.2) is 0 Å². The lowest BCUT2D eigenvalue weighted by Gasteiger charge is -2.39. The van der Waals surface area contributed by atoms with Gasteiger partial charge in [-0.15, -0.1) is 0 Å². The van der Waals surface area contributed by atoms with Crippen molar-refractivity contribution in [2.45, 2.75) is 40.3 Å². The molecule has 1 aromatic carbocycles. The SMILES string of the molecule is CCn1c(N2CCN(c3ccccc3F)CC2)c(C=C2SC(=S)N(C(C)C)C2=O)c(C)c(C#N)c1=O. The van der Waals surface area contributed by atoms with Gasteiger partial charge in [0.1, 0.15) is 27.6 Å². The fourth-order valence-electron chi connectivity index (χ4n) is 4.70. The summed E-state index contributed by atoms with van der Waals surface area (Å²) in [6.45, 7) is 10.0. The Morgan fingerprint density at radius 1 is 1.17 bits per heavy atom. The summed E-state index contributed by atoms with van der Waals surface area (Å²) in [4.78, 5) is 32.5. The number of benzene rings is 1. The number of halogens is 1. The molecule has 4 rings (SSSR count). The molecule has 0 N–H and O–H groups in total. The maximum Gasteiger partial charge on any atom is 0.270 e. The van der Waals surface area contributed by atoms with Crippen molar-refractivity contribution in [1.29, 1.82) is 5.26 Å². The van der Waals surface area contributed by atoms with Gasteiger partial charge < -0.3 is 9.80 Å². The second-order valence-electron chi connectivity index (χ2n) is 8.97. The number of hydrogen-bond acceptors (Lipinski definition) is 7. The monoisotopic (exact) mass is 525 g/mol.